The van der Waals surface area contributed by atoms with E-state index in [2.05, 4.69) is 39.1 Å². The zero-order valence-electron chi connectivity index (χ0n) is 18.2. The first-order valence-corrected chi connectivity index (χ1v) is 11.1. The monoisotopic (exact) mass is 518 g/mol. The number of halogens is 1. The molecule has 29 heavy (non-hydrogen) atoms. The Morgan fingerprint density at radius 2 is 2.00 bits per heavy atom. The molecular formula is C21H39IN6O. The van der Waals surface area contributed by atoms with Crippen LogP contribution in [0.1, 0.15) is 51.1 Å². The van der Waals surface area contributed by atoms with Crippen LogP contribution in [0, 0.1) is 0 Å². The Bertz CT molecular complexity index is 568. The Balaban J connectivity index is 0.00000300. The summed E-state index contributed by atoms with van der Waals surface area (Å²) >= 11 is 0. The minimum absolute atomic E-state index is 0. The molecule has 3 rings (SSSR count). The number of aromatic nitrogens is 1. The molecule has 1 N–H and O–H groups in total. The Hall–Kier alpha value is -0.870. The molecule has 2 heterocycles. The number of piperazine rings is 1. The Kier molecular flexibility index (Phi) is 11.3. The van der Waals surface area contributed by atoms with Crippen molar-refractivity contribution in [3.8, 4) is 0 Å². The Morgan fingerprint density at radius 3 is 2.66 bits per heavy atom. The van der Waals surface area contributed by atoms with Gasteiger partial charge < -0.3 is 19.6 Å². The minimum atomic E-state index is 0. The maximum absolute atomic E-state index is 4.94. The van der Waals surface area contributed by atoms with Crippen LogP contribution in [-0.2, 0) is 6.54 Å². The second kappa shape index (κ2) is 13.4. The number of hydrogen-bond donors (Lipinski definition) is 1. The molecular weight excluding hydrogens is 479 g/mol. The number of aliphatic imine (C=N–C) groups is 1. The first-order valence-electron chi connectivity index (χ1n) is 11.1. The highest BCUT2D eigenvalue weighted by molar-refractivity contribution is 14.0. The van der Waals surface area contributed by atoms with Gasteiger partial charge in [0.25, 0.3) is 0 Å². The summed E-state index contributed by atoms with van der Waals surface area (Å²) in [7, 11) is 2.29. The fourth-order valence-electron chi connectivity index (χ4n) is 4.30. The van der Waals surface area contributed by atoms with Gasteiger partial charge in [0.15, 0.2) is 5.96 Å². The van der Waals surface area contributed by atoms with Crippen molar-refractivity contribution in [3.63, 3.8) is 0 Å². The lowest BCUT2D eigenvalue weighted by molar-refractivity contribution is 0.168. The fraction of sp³-hybridized carbons (Fsp3) is 0.810. The number of hydrogen-bond acceptors (Lipinski definition) is 5. The molecule has 166 valence electrons. The van der Waals surface area contributed by atoms with E-state index in [4.69, 9.17) is 9.52 Å². The van der Waals surface area contributed by atoms with E-state index < -0.39 is 0 Å². The molecule has 1 saturated carbocycles. The third-order valence-electron chi connectivity index (χ3n) is 6.01. The van der Waals surface area contributed by atoms with Crippen LogP contribution < -0.4 is 5.32 Å². The second-order valence-electron chi connectivity index (χ2n) is 8.12. The highest BCUT2D eigenvalue weighted by Crippen LogP contribution is 2.21. The third kappa shape index (κ3) is 8.05. The van der Waals surface area contributed by atoms with E-state index in [9.17, 15) is 0 Å². The van der Waals surface area contributed by atoms with Crippen LogP contribution in [0.2, 0.25) is 0 Å². The maximum atomic E-state index is 4.94. The zero-order chi connectivity index (χ0) is 19.6. The van der Waals surface area contributed by atoms with Gasteiger partial charge in [0.2, 0.25) is 0 Å². The van der Waals surface area contributed by atoms with Crippen LogP contribution >= 0.6 is 24.0 Å². The van der Waals surface area contributed by atoms with E-state index in [0.29, 0.717) is 0 Å². The largest absolute Gasteiger partial charge is 0.364 e. The van der Waals surface area contributed by atoms with Crippen LogP contribution in [0.3, 0.4) is 0 Å². The van der Waals surface area contributed by atoms with Crippen LogP contribution in [0.25, 0.3) is 0 Å². The normalized spacial score (nSPS) is 19.4. The summed E-state index contributed by atoms with van der Waals surface area (Å²) in [5.74, 6) is 1.07. The molecule has 1 aliphatic heterocycles. The fourth-order valence-corrected chi connectivity index (χ4v) is 4.30. The summed E-state index contributed by atoms with van der Waals surface area (Å²) in [4.78, 5) is 12.3. The lowest BCUT2D eigenvalue weighted by atomic mass is 9.94. The van der Waals surface area contributed by atoms with Crippen molar-refractivity contribution in [2.75, 3.05) is 52.9 Å². The highest BCUT2D eigenvalue weighted by Gasteiger charge is 2.20. The van der Waals surface area contributed by atoms with Crippen molar-refractivity contribution in [1.82, 2.24) is 25.2 Å². The van der Waals surface area contributed by atoms with Gasteiger partial charge in [-0.05, 0) is 39.8 Å². The standard InChI is InChI=1S/C21H38N6O.HI/c1-3-22-21(23-11-7-12-25(2)20-8-5-4-6-9-20)27-15-13-26(14-16-27)18-19-10-17-28-24-19;/h10,17,20H,3-9,11-16,18H2,1-2H3,(H,22,23);1H. The van der Waals surface area contributed by atoms with Crippen molar-refractivity contribution in [3.05, 3.63) is 18.0 Å². The molecule has 1 aliphatic carbocycles. The van der Waals surface area contributed by atoms with E-state index in [-0.39, 0.29) is 24.0 Å². The lowest BCUT2D eigenvalue weighted by Crippen LogP contribution is -2.52. The van der Waals surface area contributed by atoms with Gasteiger partial charge in [0.05, 0.1) is 5.69 Å². The molecule has 7 nitrogen and oxygen atoms in total. The molecule has 2 aliphatic rings. The average Bonchev–Trinajstić information content (AvgIpc) is 3.24. The molecule has 0 spiro atoms. The topological polar surface area (TPSA) is 60.1 Å². The first kappa shape index (κ1) is 24.4. The van der Waals surface area contributed by atoms with Gasteiger partial charge in [-0.15, -0.1) is 24.0 Å². The van der Waals surface area contributed by atoms with Gasteiger partial charge in [-0.1, -0.05) is 24.4 Å². The maximum Gasteiger partial charge on any atom is 0.194 e. The number of guanidine groups is 1. The van der Waals surface area contributed by atoms with Crippen LogP contribution in [0.15, 0.2) is 21.8 Å². The Labute approximate surface area is 193 Å². The number of nitrogens with one attached hydrogen (secondary N) is 1. The van der Waals surface area contributed by atoms with E-state index >= 15 is 0 Å². The van der Waals surface area contributed by atoms with Crippen molar-refractivity contribution in [1.29, 1.82) is 0 Å². The SMILES string of the molecule is CCNC(=NCCCN(C)C1CCCCC1)N1CCN(Cc2ccon2)CC1.I. The predicted molar refractivity (Wildman–Crippen MR) is 129 cm³/mol. The molecule has 0 amide bonds. The molecule has 2 fully saturated rings. The number of rotatable bonds is 8. The summed E-state index contributed by atoms with van der Waals surface area (Å²) in [6.45, 7) is 10.1. The first-order chi connectivity index (χ1) is 13.8. The highest BCUT2D eigenvalue weighted by atomic mass is 127. The molecule has 1 aromatic rings. The van der Waals surface area contributed by atoms with E-state index in [0.717, 1.165) is 76.5 Å². The molecule has 1 aromatic heterocycles. The summed E-state index contributed by atoms with van der Waals surface area (Å²) < 4.78 is 4.94. The van der Waals surface area contributed by atoms with Gasteiger partial charge >= 0.3 is 0 Å². The summed E-state index contributed by atoms with van der Waals surface area (Å²) in [5, 5.41) is 7.50. The van der Waals surface area contributed by atoms with Gasteiger partial charge in [0, 0.05) is 57.9 Å². The molecule has 0 bridgehead atoms. The van der Waals surface area contributed by atoms with Gasteiger partial charge in [-0.25, -0.2) is 0 Å². The summed E-state index contributed by atoms with van der Waals surface area (Å²) in [5.41, 5.74) is 1.01. The quantitative estimate of drug-likeness (QED) is 0.247. The van der Waals surface area contributed by atoms with Crippen LogP contribution in [0.5, 0.6) is 0 Å². The van der Waals surface area contributed by atoms with Crippen molar-refractivity contribution < 1.29 is 4.52 Å². The van der Waals surface area contributed by atoms with Crippen molar-refractivity contribution >= 4 is 29.9 Å². The number of nitrogens with zero attached hydrogens (tertiary/aromatic N) is 5. The van der Waals surface area contributed by atoms with Crippen molar-refractivity contribution in [2.24, 2.45) is 4.99 Å². The zero-order valence-corrected chi connectivity index (χ0v) is 20.5. The smallest absolute Gasteiger partial charge is 0.194 e. The lowest BCUT2D eigenvalue weighted by Gasteiger charge is -2.36. The Morgan fingerprint density at radius 1 is 1.24 bits per heavy atom. The van der Waals surface area contributed by atoms with Crippen LogP contribution in [0.4, 0.5) is 0 Å². The van der Waals surface area contributed by atoms with Crippen molar-refractivity contribution in [2.45, 2.75) is 58.0 Å². The molecule has 0 atom stereocenters. The minimum Gasteiger partial charge on any atom is -0.364 e. The molecule has 0 aromatic carbocycles. The molecule has 0 radical (unpaired) electrons. The van der Waals surface area contributed by atoms with E-state index in [1.54, 1.807) is 6.26 Å². The summed E-state index contributed by atoms with van der Waals surface area (Å²) in [6.07, 6.45) is 9.76. The van der Waals surface area contributed by atoms with E-state index in [1.165, 1.54) is 32.1 Å². The third-order valence-corrected chi connectivity index (χ3v) is 6.01. The molecule has 1 saturated heterocycles. The molecule has 8 heteroatoms. The van der Waals surface area contributed by atoms with Gasteiger partial charge in [-0.2, -0.15) is 0 Å². The molecule has 0 unspecified atom stereocenters. The second-order valence-corrected chi connectivity index (χ2v) is 8.12. The average molecular weight is 518 g/mol. The van der Waals surface area contributed by atoms with E-state index in [1.807, 2.05) is 6.07 Å². The van der Waals surface area contributed by atoms with Gasteiger partial charge in [0.1, 0.15) is 6.26 Å². The summed E-state index contributed by atoms with van der Waals surface area (Å²) in [6, 6.07) is 2.74. The van der Waals surface area contributed by atoms with Crippen LogP contribution in [-0.4, -0.2) is 84.7 Å². The van der Waals surface area contributed by atoms with Gasteiger partial charge in [-0.3, -0.25) is 9.89 Å². The predicted octanol–water partition coefficient (Wildman–Crippen LogP) is 3.03.